The topological polar surface area (TPSA) is 12.9 Å². The molecular weight excluding hydrogens is 418 g/mol. The Balaban J connectivity index is 1.53. The van der Waals surface area contributed by atoms with Crippen molar-refractivity contribution in [2.45, 2.75) is 51.4 Å². The Kier molecular flexibility index (Phi) is 4.62. The van der Waals surface area contributed by atoms with E-state index < -0.39 is 0 Å². The minimum absolute atomic E-state index is 1.16. The summed E-state index contributed by atoms with van der Waals surface area (Å²) >= 11 is 2.01. The fourth-order valence-corrected chi connectivity index (χ4v) is 7.54. The summed E-state index contributed by atoms with van der Waals surface area (Å²) in [6.07, 6.45) is 12.0. The van der Waals surface area contributed by atoms with E-state index in [2.05, 4.69) is 60.7 Å². The quantitative estimate of drug-likeness (QED) is 0.265. The van der Waals surface area contributed by atoms with Gasteiger partial charge >= 0.3 is 0 Å². The van der Waals surface area contributed by atoms with Crippen LogP contribution in [0.3, 0.4) is 0 Å². The third-order valence-corrected chi connectivity index (χ3v) is 9.04. The van der Waals surface area contributed by atoms with Crippen molar-refractivity contribution in [1.82, 2.24) is 4.98 Å². The van der Waals surface area contributed by atoms with Crippen LogP contribution in [0.1, 0.15) is 47.9 Å². The monoisotopic (exact) mass is 445 g/mol. The fraction of sp³-hybridized carbons (Fsp3) is 0.258. The lowest BCUT2D eigenvalue weighted by Crippen LogP contribution is -2.05. The summed E-state index contributed by atoms with van der Waals surface area (Å²) in [6.45, 7) is 0. The lowest BCUT2D eigenvalue weighted by atomic mass is 9.84. The maximum atomic E-state index is 4.94. The molecule has 0 fully saturated rings. The van der Waals surface area contributed by atoms with Gasteiger partial charge < -0.3 is 0 Å². The van der Waals surface area contributed by atoms with E-state index in [9.17, 15) is 0 Å². The third-order valence-electron chi connectivity index (χ3n) is 7.73. The summed E-state index contributed by atoms with van der Waals surface area (Å²) in [6, 6.07) is 22.6. The maximum Gasteiger partial charge on any atom is 0.0751 e. The first-order valence-electron chi connectivity index (χ1n) is 12.4. The van der Waals surface area contributed by atoms with Gasteiger partial charge in [-0.25, -0.2) is 0 Å². The summed E-state index contributed by atoms with van der Waals surface area (Å²) in [4.78, 5) is 4.94. The normalized spacial score (nSPS) is 15.5. The molecule has 0 saturated heterocycles. The average molecular weight is 446 g/mol. The Labute approximate surface area is 199 Å². The zero-order valence-corrected chi connectivity index (χ0v) is 19.7. The SMILES string of the molecule is c1ccc(-c2cc3c(sc4c(-c5nccc6c5CCCC6)cccc43)c3c2CCCC3)cc1. The number of aromatic nitrogens is 1. The number of hydrogen-bond acceptors (Lipinski definition) is 2. The first-order valence-corrected chi connectivity index (χ1v) is 13.2. The molecule has 3 aromatic carbocycles. The van der Waals surface area contributed by atoms with E-state index in [0.29, 0.717) is 0 Å². The Bertz CT molecular complexity index is 1510. The van der Waals surface area contributed by atoms with Gasteiger partial charge in [-0.3, -0.25) is 4.98 Å². The van der Waals surface area contributed by atoms with Crippen molar-refractivity contribution in [3.8, 4) is 22.4 Å². The molecule has 2 heteroatoms. The summed E-state index contributed by atoms with van der Waals surface area (Å²) in [5, 5.41) is 2.83. The molecule has 2 heterocycles. The van der Waals surface area contributed by atoms with E-state index >= 15 is 0 Å². The van der Waals surface area contributed by atoms with Gasteiger partial charge in [-0.2, -0.15) is 0 Å². The van der Waals surface area contributed by atoms with Crippen LogP contribution in [0.5, 0.6) is 0 Å². The molecule has 0 aliphatic heterocycles. The van der Waals surface area contributed by atoms with Crippen LogP contribution in [0.2, 0.25) is 0 Å². The van der Waals surface area contributed by atoms with Crippen molar-refractivity contribution in [3.05, 3.63) is 89.1 Å². The fourth-order valence-electron chi connectivity index (χ4n) is 6.15. The third kappa shape index (κ3) is 3.08. The molecule has 0 atom stereocenters. The molecule has 1 nitrogen and oxygen atoms in total. The van der Waals surface area contributed by atoms with Gasteiger partial charge in [-0.1, -0.05) is 48.5 Å². The van der Waals surface area contributed by atoms with Crippen LogP contribution in [0.25, 0.3) is 42.6 Å². The van der Waals surface area contributed by atoms with Crippen LogP contribution >= 0.6 is 11.3 Å². The van der Waals surface area contributed by atoms with Gasteiger partial charge in [0, 0.05) is 31.9 Å². The van der Waals surface area contributed by atoms with Crippen molar-refractivity contribution in [2.24, 2.45) is 0 Å². The highest BCUT2D eigenvalue weighted by Gasteiger charge is 2.23. The summed E-state index contributed by atoms with van der Waals surface area (Å²) in [5.41, 5.74) is 11.5. The van der Waals surface area contributed by atoms with Gasteiger partial charge in [0.1, 0.15) is 0 Å². The number of fused-ring (bicyclic) bond motifs is 6. The standard InChI is InChI=1S/C31H27NS/c1-2-9-20(10-3-1)27-19-28-25-15-8-16-26(29-22-12-5-4-11-21(22)17-18-32-29)30(25)33-31(28)24-14-7-6-13-23(24)27/h1-3,8-10,15-19H,4-7,11-14H2. The van der Waals surface area contributed by atoms with Gasteiger partial charge in [0.2, 0.25) is 0 Å². The maximum absolute atomic E-state index is 4.94. The number of rotatable bonds is 2. The number of nitrogens with zero attached hydrogens (tertiary/aromatic N) is 1. The van der Waals surface area contributed by atoms with Gasteiger partial charge in [0.25, 0.3) is 0 Å². The number of pyridine rings is 1. The highest BCUT2D eigenvalue weighted by molar-refractivity contribution is 7.26. The molecule has 0 spiro atoms. The highest BCUT2D eigenvalue weighted by atomic mass is 32.1. The van der Waals surface area contributed by atoms with Gasteiger partial charge in [-0.05, 0) is 96.9 Å². The Morgan fingerprint density at radius 2 is 1.39 bits per heavy atom. The first kappa shape index (κ1) is 19.5. The Hall–Kier alpha value is -2.97. The average Bonchev–Trinajstić information content (AvgIpc) is 3.27. The lowest BCUT2D eigenvalue weighted by Gasteiger charge is -2.21. The van der Waals surface area contributed by atoms with Crippen LogP contribution in [0, 0.1) is 0 Å². The molecule has 162 valence electrons. The molecular formula is C31H27NS. The molecule has 0 unspecified atom stereocenters. The number of aryl methyl sites for hydroxylation is 2. The molecule has 33 heavy (non-hydrogen) atoms. The van der Waals surface area contributed by atoms with E-state index in [1.807, 2.05) is 17.5 Å². The Morgan fingerprint density at radius 1 is 0.606 bits per heavy atom. The summed E-state index contributed by atoms with van der Waals surface area (Å²) in [5.74, 6) is 0. The van der Waals surface area contributed by atoms with Crippen LogP contribution < -0.4 is 0 Å². The van der Waals surface area contributed by atoms with Crippen molar-refractivity contribution >= 4 is 31.5 Å². The van der Waals surface area contributed by atoms with Crippen LogP contribution in [-0.2, 0) is 25.7 Å². The first-order chi connectivity index (χ1) is 16.4. The number of hydrogen-bond donors (Lipinski definition) is 0. The predicted octanol–water partition coefficient (Wildman–Crippen LogP) is 8.54. The summed E-state index contributed by atoms with van der Waals surface area (Å²) in [7, 11) is 0. The molecule has 2 aliphatic carbocycles. The molecule has 2 aromatic heterocycles. The summed E-state index contributed by atoms with van der Waals surface area (Å²) < 4.78 is 2.92. The largest absolute Gasteiger partial charge is 0.256 e. The van der Waals surface area contributed by atoms with E-state index in [-0.39, 0.29) is 0 Å². The van der Waals surface area contributed by atoms with Crippen LogP contribution in [0.15, 0.2) is 66.9 Å². The van der Waals surface area contributed by atoms with E-state index in [0.717, 1.165) is 6.42 Å². The van der Waals surface area contributed by atoms with Crippen molar-refractivity contribution < 1.29 is 0 Å². The lowest BCUT2D eigenvalue weighted by molar-refractivity contribution is 0.684. The second-order valence-electron chi connectivity index (χ2n) is 9.62. The van der Waals surface area contributed by atoms with Crippen molar-refractivity contribution in [2.75, 3.05) is 0 Å². The molecule has 0 radical (unpaired) electrons. The van der Waals surface area contributed by atoms with Gasteiger partial charge in [0.15, 0.2) is 0 Å². The van der Waals surface area contributed by atoms with Gasteiger partial charge in [0.05, 0.1) is 5.69 Å². The van der Waals surface area contributed by atoms with Crippen molar-refractivity contribution in [3.63, 3.8) is 0 Å². The highest BCUT2D eigenvalue weighted by Crippen LogP contribution is 2.46. The molecule has 7 rings (SSSR count). The molecule has 0 amide bonds. The Morgan fingerprint density at radius 3 is 2.27 bits per heavy atom. The molecule has 0 bridgehead atoms. The zero-order valence-electron chi connectivity index (χ0n) is 18.9. The second kappa shape index (κ2) is 7.81. The number of benzene rings is 3. The molecule has 0 N–H and O–H groups in total. The van der Waals surface area contributed by atoms with Crippen molar-refractivity contribution in [1.29, 1.82) is 0 Å². The van der Waals surface area contributed by atoms with E-state index in [1.54, 1.807) is 11.1 Å². The van der Waals surface area contributed by atoms with E-state index in [4.69, 9.17) is 4.98 Å². The molecule has 0 saturated carbocycles. The minimum atomic E-state index is 1.16. The smallest absolute Gasteiger partial charge is 0.0751 e. The predicted molar refractivity (Wildman–Crippen MR) is 141 cm³/mol. The zero-order chi connectivity index (χ0) is 21.8. The molecule has 2 aliphatic rings. The van der Waals surface area contributed by atoms with Crippen LogP contribution in [0.4, 0.5) is 0 Å². The second-order valence-corrected chi connectivity index (χ2v) is 10.6. The molecule has 5 aromatic rings. The number of thiophene rings is 1. The van der Waals surface area contributed by atoms with Gasteiger partial charge in [-0.15, -0.1) is 11.3 Å². The van der Waals surface area contributed by atoms with E-state index in [1.165, 1.54) is 98.6 Å². The minimum Gasteiger partial charge on any atom is -0.256 e. The van der Waals surface area contributed by atoms with Crippen LogP contribution in [-0.4, -0.2) is 4.98 Å².